The average Bonchev–Trinajstić information content (AvgIpc) is 1.78. The van der Waals surface area contributed by atoms with Crippen LogP contribution in [0.1, 0.15) is 32.6 Å². The van der Waals surface area contributed by atoms with Gasteiger partial charge in [0.25, 0.3) is 0 Å². The molecule has 0 bridgehead atoms. The summed E-state index contributed by atoms with van der Waals surface area (Å²) in [6, 6.07) is 0. The Morgan fingerprint density at radius 3 is 2.10 bits per heavy atom. The van der Waals surface area contributed by atoms with Gasteiger partial charge in [0.05, 0.1) is 0 Å². The van der Waals surface area contributed by atoms with Crippen molar-refractivity contribution in [3.63, 3.8) is 0 Å². The molecule has 0 N–H and O–H groups in total. The summed E-state index contributed by atoms with van der Waals surface area (Å²) in [6.45, 7) is 2.25. The molecule has 0 fully saturated rings. The predicted octanol–water partition coefficient (Wildman–Crippen LogP) is 4.01. The van der Waals surface area contributed by atoms with Crippen molar-refractivity contribution < 1.29 is 0 Å². The van der Waals surface area contributed by atoms with Crippen LogP contribution < -0.4 is 0 Å². The Hall–Kier alpha value is 1.09. The second-order valence-corrected chi connectivity index (χ2v) is 21.6. The molecule has 0 rings (SSSR count). The van der Waals surface area contributed by atoms with Gasteiger partial charge < -0.3 is 0 Å². The van der Waals surface area contributed by atoms with Crippen molar-refractivity contribution in [3.05, 3.63) is 0 Å². The van der Waals surface area contributed by atoms with Crippen LogP contribution in [0.3, 0.4) is 0 Å². The summed E-state index contributed by atoms with van der Waals surface area (Å²) in [5, 5.41) is 0. The molecule has 62 valence electrons. The molecule has 0 heterocycles. The molecule has 0 aromatic carbocycles. The van der Waals surface area contributed by atoms with E-state index in [1.807, 2.05) is 0 Å². The molecule has 0 atom stereocenters. The Labute approximate surface area is 72.9 Å². The van der Waals surface area contributed by atoms with Crippen molar-refractivity contribution in [2.45, 2.75) is 46.9 Å². The molecule has 0 aliphatic rings. The Kier molecular flexibility index (Phi) is 6.32. The predicted molar refractivity (Wildman–Crippen MR) is 52.3 cm³/mol. The first-order valence-corrected chi connectivity index (χ1v) is 15.6. The quantitative estimate of drug-likeness (QED) is 0.522. The SMILES string of the molecule is CCCCC[CH2][Sn]([CH3])([CH3])[Cl]. The maximum atomic E-state index is 6.22. The van der Waals surface area contributed by atoms with Crippen LogP contribution in [0.5, 0.6) is 0 Å². The van der Waals surface area contributed by atoms with Gasteiger partial charge in [0.2, 0.25) is 0 Å². The van der Waals surface area contributed by atoms with Gasteiger partial charge in [-0.1, -0.05) is 0 Å². The van der Waals surface area contributed by atoms with E-state index in [0.29, 0.717) is 0 Å². The van der Waals surface area contributed by atoms with Gasteiger partial charge >= 0.3 is 73.1 Å². The molecular formula is C8H19ClSn. The summed E-state index contributed by atoms with van der Waals surface area (Å²) < 4.78 is 1.36. The van der Waals surface area contributed by atoms with Gasteiger partial charge in [0.15, 0.2) is 0 Å². The third-order valence-corrected chi connectivity index (χ3v) is 7.30. The van der Waals surface area contributed by atoms with E-state index in [2.05, 4.69) is 16.8 Å². The van der Waals surface area contributed by atoms with Crippen molar-refractivity contribution in [2.75, 3.05) is 0 Å². The first kappa shape index (κ1) is 11.1. The average molecular weight is 269 g/mol. The summed E-state index contributed by atoms with van der Waals surface area (Å²) >= 11 is -1.88. The van der Waals surface area contributed by atoms with Crippen LogP contribution in [0.25, 0.3) is 0 Å². The first-order valence-electron chi connectivity index (χ1n) is 4.25. The second-order valence-electron chi connectivity index (χ2n) is 3.53. The van der Waals surface area contributed by atoms with Gasteiger partial charge in [0.1, 0.15) is 0 Å². The molecule has 0 saturated heterocycles. The van der Waals surface area contributed by atoms with E-state index in [1.165, 1.54) is 30.1 Å². The Morgan fingerprint density at radius 1 is 1.10 bits per heavy atom. The molecule has 0 nitrogen and oxygen atoms in total. The third kappa shape index (κ3) is 9.09. The number of unbranched alkanes of at least 4 members (excludes halogenated alkanes) is 3. The summed E-state index contributed by atoms with van der Waals surface area (Å²) in [5.74, 6) is 0. The number of rotatable bonds is 5. The minimum atomic E-state index is -1.88. The Morgan fingerprint density at radius 2 is 1.70 bits per heavy atom. The van der Waals surface area contributed by atoms with Crippen LogP contribution in [0.15, 0.2) is 0 Å². The molecule has 0 aromatic rings. The van der Waals surface area contributed by atoms with Gasteiger partial charge in [0, 0.05) is 0 Å². The minimum absolute atomic E-state index is 1.33. The molecule has 2 heteroatoms. The zero-order valence-electron chi connectivity index (χ0n) is 7.41. The van der Waals surface area contributed by atoms with E-state index in [0.717, 1.165) is 0 Å². The van der Waals surface area contributed by atoms with Gasteiger partial charge in [-0.3, -0.25) is 0 Å². The molecule has 0 aliphatic heterocycles. The summed E-state index contributed by atoms with van der Waals surface area (Å²) in [4.78, 5) is 4.59. The topological polar surface area (TPSA) is 0 Å². The maximum absolute atomic E-state index is 6.22. The zero-order chi connectivity index (χ0) is 8.04. The molecule has 10 heavy (non-hydrogen) atoms. The molecule has 0 radical (unpaired) electrons. The van der Waals surface area contributed by atoms with Crippen LogP contribution in [-0.2, 0) is 0 Å². The number of halogens is 1. The van der Waals surface area contributed by atoms with Crippen LogP contribution in [0, 0.1) is 0 Å². The van der Waals surface area contributed by atoms with E-state index < -0.39 is 17.3 Å². The van der Waals surface area contributed by atoms with Crippen LogP contribution >= 0.6 is 8.92 Å². The summed E-state index contributed by atoms with van der Waals surface area (Å²) in [5.41, 5.74) is 0. The number of hydrogen-bond acceptors (Lipinski definition) is 0. The van der Waals surface area contributed by atoms with Crippen molar-refractivity contribution in [2.24, 2.45) is 0 Å². The Bertz CT molecular complexity index is 75.8. The van der Waals surface area contributed by atoms with Crippen LogP contribution in [-0.4, -0.2) is 17.3 Å². The molecule has 0 aliphatic carbocycles. The van der Waals surface area contributed by atoms with Crippen molar-refractivity contribution in [1.29, 1.82) is 0 Å². The van der Waals surface area contributed by atoms with Crippen molar-refractivity contribution >= 4 is 26.2 Å². The molecular weight excluding hydrogens is 250 g/mol. The van der Waals surface area contributed by atoms with Crippen LogP contribution in [0.2, 0.25) is 14.3 Å². The summed E-state index contributed by atoms with van der Waals surface area (Å²) in [6.07, 6.45) is 5.49. The standard InChI is InChI=1S/C6H13.2CH3.ClH.Sn/c1-3-5-6-4-2;;;;/h1,3-6H2,2H3;2*1H3;1H;/q;;;;+1/p-1. The van der Waals surface area contributed by atoms with Crippen molar-refractivity contribution in [3.8, 4) is 0 Å². The van der Waals surface area contributed by atoms with Crippen LogP contribution in [0.4, 0.5) is 0 Å². The molecule has 0 saturated carbocycles. The molecule has 0 spiro atoms. The normalized spacial score (nSPS) is 12.0. The third-order valence-electron chi connectivity index (χ3n) is 1.62. The second kappa shape index (κ2) is 5.70. The monoisotopic (exact) mass is 270 g/mol. The van der Waals surface area contributed by atoms with E-state index in [4.69, 9.17) is 8.92 Å². The molecule has 0 aromatic heterocycles. The molecule has 0 amide bonds. The fourth-order valence-corrected chi connectivity index (χ4v) is 4.98. The van der Waals surface area contributed by atoms with E-state index in [1.54, 1.807) is 0 Å². The first-order chi connectivity index (χ1) is 4.56. The fourth-order valence-electron chi connectivity index (χ4n) is 0.972. The summed E-state index contributed by atoms with van der Waals surface area (Å²) in [7, 11) is 6.22. The van der Waals surface area contributed by atoms with Gasteiger partial charge in [-0.2, -0.15) is 0 Å². The van der Waals surface area contributed by atoms with Crippen molar-refractivity contribution in [1.82, 2.24) is 0 Å². The Balaban J connectivity index is 3.04. The van der Waals surface area contributed by atoms with E-state index >= 15 is 0 Å². The van der Waals surface area contributed by atoms with Gasteiger partial charge in [-0.15, -0.1) is 0 Å². The van der Waals surface area contributed by atoms with E-state index in [-0.39, 0.29) is 0 Å². The molecule has 0 unspecified atom stereocenters. The zero-order valence-corrected chi connectivity index (χ0v) is 11.0. The number of hydrogen-bond donors (Lipinski definition) is 0. The van der Waals surface area contributed by atoms with E-state index in [9.17, 15) is 0 Å². The van der Waals surface area contributed by atoms with Gasteiger partial charge in [-0.05, 0) is 0 Å². The van der Waals surface area contributed by atoms with Gasteiger partial charge in [-0.25, -0.2) is 0 Å². The fraction of sp³-hybridized carbons (Fsp3) is 1.00.